The van der Waals surface area contributed by atoms with E-state index in [9.17, 15) is 17.6 Å². The summed E-state index contributed by atoms with van der Waals surface area (Å²) in [5, 5.41) is 0. The molecular weight excluding hydrogens is 238 g/mol. The Hall–Kier alpha value is -1.14. The van der Waals surface area contributed by atoms with Crippen molar-refractivity contribution in [2.75, 3.05) is 13.2 Å². The van der Waals surface area contributed by atoms with Crippen LogP contribution in [0.5, 0.6) is 0 Å². The fraction of sp³-hybridized carbons (Fsp3) is 0.455. The molecule has 1 unspecified atom stereocenters. The molecule has 0 spiro atoms. The summed E-state index contributed by atoms with van der Waals surface area (Å²) in [6.45, 7) is -0.0341. The zero-order chi connectivity index (χ0) is 13.1. The van der Waals surface area contributed by atoms with Gasteiger partial charge in [0.15, 0.2) is 0 Å². The molecule has 2 N–H and O–H groups in total. The van der Waals surface area contributed by atoms with Gasteiger partial charge in [-0.1, -0.05) is 12.1 Å². The van der Waals surface area contributed by atoms with E-state index in [0.717, 1.165) is 0 Å². The second-order valence-electron chi connectivity index (χ2n) is 3.75. The highest BCUT2D eigenvalue weighted by molar-refractivity contribution is 5.26. The molecule has 17 heavy (non-hydrogen) atoms. The molecule has 1 rings (SSSR count). The van der Waals surface area contributed by atoms with Gasteiger partial charge in [0.1, 0.15) is 12.4 Å². The summed E-state index contributed by atoms with van der Waals surface area (Å²) in [6, 6.07) is 3.46. The summed E-state index contributed by atoms with van der Waals surface area (Å²) < 4.78 is 52.8. The van der Waals surface area contributed by atoms with Crippen LogP contribution >= 0.6 is 0 Å². The molecule has 0 saturated carbocycles. The van der Waals surface area contributed by atoms with Gasteiger partial charge in [0.25, 0.3) is 0 Å². The number of halogens is 4. The van der Waals surface area contributed by atoms with E-state index in [1.54, 1.807) is 6.92 Å². The Labute approximate surface area is 96.4 Å². The van der Waals surface area contributed by atoms with E-state index in [4.69, 9.17) is 5.73 Å². The van der Waals surface area contributed by atoms with Crippen molar-refractivity contribution in [1.82, 2.24) is 0 Å². The number of nitrogens with two attached hydrogens (primary N) is 1. The zero-order valence-electron chi connectivity index (χ0n) is 9.22. The average molecular weight is 251 g/mol. The quantitative estimate of drug-likeness (QED) is 0.835. The molecule has 1 atom stereocenters. The van der Waals surface area contributed by atoms with E-state index >= 15 is 0 Å². The third-order valence-electron chi connectivity index (χ3n) is 2.17. The van der Waals surface area contributed by atoms with Gasteiger partial charge in [0.05, 0.1) is 12.6 Å². The predicted octanol–water partition coefficient (Wildman–Crippen LogP) is 2.71. The van der Waals surface area contributed by atoms with E-state index in [1.165, 1.54) is 18.2 Å². The Morgan fingerprint density at radius 1 is 1.35 bits per heavy atom. The highest BCUT2D eigenvalue weighted by atomic mass is 19.4. The van der Waals surface area contributed by atoms with Crippen molar-refractivity contribution in [2.45, 2.75) is 19.1 Å². The van der Waals surface area contributed by atoms with Crippen LogP contribution in [-0.4, -0.2) is 19.4 Å². The van der Waals surface area contributed by atoms with Crippen molar-refractivity contribution in [3.8, 4) is 0 Å². The lowest BCUT2D eigenvalue weighted by molar-refractivity contribution is -0.174. The maximum absolute atomic E-state index is 12.9. The fourth-order valence-corrected chi connectivity index (χ4v) is 1.30. The predicted molar refractivity (Wildman–Crippen MR) is 54.9 cm³/mol. The highest BCUT2D eigenvalue weighted by Gasteiger charge is 2.27. The number of hydrogen-bond donors (Lipinski definition) is 1. The molecule has 0 aromatic heterocycles. The van der Waals surface area contributed by atoms with Crippen LogP contribution in [0.25, 0.3) is 0 Å². The second-order valence-corrected chi connectivity index (χ2v) is 3.75. The lowest BCUT2D eigenvalue weighted by Crippen LogP contribution is -2.23. The van der Waals surface area contributed by atoms with Crippen molar-refractivity contribution in [3.05, 3.63) is 35.1 Å². The van der Waals surface area contributed by atoms with Crippen LogP contribution < -0.4 is 5.73 Å². The van der Waals surface area contributed by atoms with Crippen LogP contribution in [0.4, 0.5) is 17.6 Å². The van der Waals surface area contributed by atoms with Gasteiger partial charge in [0.2, 0.25) is 0 Å². The molecule has 1 aromatic carbocycles. The van der Waals surface area contributed by atoms with E-state index in [2.05, 4.69) is 4.74 Å². The van der Waals surface area contributed by atoms with E-state index in [1.807, 2.05) is 0 Å². The molecule has 0 amide bonds. The smallest absolute Gasteiger partial charge is 0.370 e. The largest absolute Gasteiger partial charge is 0.411 e. The van der Waals surface area contributed by atoms with E-state index in [-0.39, 0.29) is 12.4 Å². The number of alkyl halides is 3. The highest BCUT2D eigenvalue weighted by Crippen LogP contribution is 2.18. The first-order valence-corrected chi connectivity index (χ1v) is 4.96. The van der Waals surface area contributed by atoms with Gasteiger partial charge in [-0.05, 0) is 24.1 Å². The normalized spacial score (nSPS) is 13.8. The van der Waals surface area contributed by atoms with E-state index < -0.39 is 18.8 Å². The lowest BCUT2D eigenvalue weighted by Gasteiger charge is -2.14. The van der Waals surface area contributed by atoms with E-state index in [0.29, 0.717) is 11.1 Å². The van der Waals surface area contributed by atoms with Crippen LogP contribution in [0.15, 0.2) is 18.2 Å². The van der Waals surface area contributed by atoms with Gasteiger partial charge in [-0.15, -0.1) is 0 Å². The Morgan fingerprint density at radius 2 is 2.00 bits per heavy atom. The number of rotatable bonds is 4. The van der Waals surface area contributed by atoms with Gasteiger partial charge >= 0.3 is 6.18 Å². The third kappa shape index (κ3) is 4.70. The molecule has 0 aliphatic rings. The molecular formula is C11H13F4NO. The van der Waals surface area contributed by atoms with Gasteiger partial charge in [0, 0.05) is 0 Å². The van der Waals surface area contributed by atoms with Gasteiger partial charge in [-0.2, -0.15) is 13.2 Å². The molecule has 1 aromatic rings. The molecule has 2 nitrogen and oxygen atoms in total. The first kappa shape index (κ1) is 13.9. The first-order chi connectivity index (χ1) is 7.79. The molecule has 0 aliphatic carbocycles. The minimum atomic E-state index is -4.36. The summed E-state index contributed by atoms with van der Waals surface area (Å²) in [4.78, 5) is 0. The number of hydrogen-bond acceptors (Lipinski definition) is 2. The topological polar surface area (TPSA) is 35.2 Å². The molecule has 96 valence electrons. The first-order valence-electron chi connectivity index (χ1n) is 4.96. The van der Waals surface area contributed by atoms with Crippen LogP contribution in [0.2, 0.25) is 0 Å². The molecule has 6 heteroatoms. The maximum Gasteiger partial charge on any atom is 0.411 e. The minimum Gasteiger partial charge on any atom is -0.370 e. The summed E-state index contributed by atoms with van der Waals surface area (Å²) in [5.74, 6) is -0.378. The minimum absolute atomic E-state index is 0.259. The molecule has 0 heterocycles. The third-order valence-corrected chi connectivity index (χ3v) is 2.17. The molecule has 0 saturated heterocycles. The van der Waals surface area contributed by atoms with Crippen molar-refractivity contribution >= 4 is 0 Å². The standard InChI is InChI=1S/C11H13F4NO/c1-7-4-8(2-3-9(7)12)10(16)5-17-6-11(13,14)15/h2-4,10H,5-6,16H2,1H3. The lowest BCUT2D eigenvalue weighted by atomic mass is 10.1. The number of ether oxygens (including phenoxy) is 1. The number of benzene rings is 1. The van der Waals surface area contributed by atoms with Crippen molar-refractivity contribution in [2.24, 2.45) is 5.73 Å². The zero-order valence-corrected chi connectivity index (χ0v) is 9.22. The Morgan fingerprint density at radius 3 is 2.53 bits per heavy atom. The fourth-order valence-electron chi connectivity index (χ4n) is 1.30. The van der Waals surface area contributed by atoms with Crippen LogP contribution in [0.3, 0.4) is 0 Å². The van der Waals surface area contributed by atoms with Gasteiger partial charge in [-0.3, -0.25) is 0 Å². The Bertz CT molecular complexity index is 378. The summed E-state index contributed by atoms with van der Waals surface area (Å²) >= 11 is 0. The molecule has 0 bridgehead atoms. The SMILES string of the molecule is Cc1cc(C(N)COCC(F)(F)F)ccc1F. The maximum atomic E-state index is 12.9. The average Bonchev–Trinajstić information content (AvgIpc) is 2.20. The molecule has 0 radical (unpaired) electrons. The Balaban J connectivity index is 2.52. The van der Waals surface area contributed by atoms with Gasteiger partial charge in [-0.25, -0.2) is 4.39 Å². The number of aryl methyl sites for hydroxylation is 1. The second kappa shape index (κ2) is 5.46. The van der Waals surface area contributed by atoms with Gasteiger partial charge < -0.3 is 10.5 Å². The molecule has 0 fully saturated rings. The Kier molecular flexibility index (Phi) is 4.47. The van der Waals surface area contributed by atoms with Crippen LogP contribution in [0.1, 0.15) is 17.2 Å². The van der Waals surface area contributed by atoms with Crippen molar-refractivity contribution < 1.29 is 22.3 Å². The monoisotopic (exact) mass is 251 g/mol. The van der Waals surface area contributed by atoms with Crippen LogP contribution in [-0.2, 0) is 4.74 Å². The van der Waals surface area contributed by atoms with Crippen LogP contribution in [0, 0.1) is 12.7 Å². The summed E-state index contributed by atoms with van der Waals surface area (Å²) in [7, 11) is 0. The summed E-state index contributed by atoms with van der Waals surface area (Å²) in [6.07, 6.45) is -4.36. The molecule has 0 aliphatic heterocycles. The summed E-state index contributed by atoms with van der Waals surface area (Å²) in [5.41, 5.74) is 6.57. The van der Waals surface area contributed by atoms with Crippen molar-refractivity contribution in [1.29, 1.82) is 0 Å². The van der Waals surface area contributed by atoms with Crippen molar-refractivity contribution in [3.63, 3.8) is 0 Å².